The van der Waals surface area contributed by atoms with E-state index in [2.05, 4.69) is 10.6 Å². The quantitative estimate of drug-likeness (QED) is 0.801. The molecule has 2 N–H and O–H groups in total. The van der Waals surface area contributed by atoms with Crippen LogP contribution in [0, 0.1) is 5.92 Å². The summed E-state index contributed by atoms with van der Waals surface area (Å²) in [6, 6.07) is 12.6. The predicted molar refractivity (Wildman–Crippen MR) is 98.5 cm³/mol. The van der Waals surface area contributed by atoms with E-state index in [1.165, 1.54) is 14.2 Å². The van der Waals surface area contributed by atoms with E-state index in [9.17, 15) is 9.59 Å². The number of nitrogens with one attached hydrogen (secondary N) is 2. The molecule has 2 aromatic rings. The van der Waals surface area contributed by atoms with Crippen molar-refractivity contribution in [1.82, 2.24) is 5.32 Å². The second kappa shape index (κ2) is 7.91. The SMILES string of the molecule is COc1cccc(C(=O)NCc2cccc(NC(=O)C3CC3)c2)c1OC. The number of rotatable bonds is 7. The number of benzene rings is 2. The molecule has 2 amide bonds. The number of hydrogen-bond donors (Lipinski definition) is 2. The molecule has 136 valence electrons. The lowest BCUT2D eigenvalue weighted by molar-refractivity contribution is -0.117. The molecule has 6 heteroatoms. The smallest absolute Gasteiger partial charge is 0.255 e. The van der Waals surface area contributed by atoms with Crippen molar-refractivity contribution < 1.29 is 19.1 Å². The van der Waals surface area contributed by atoms with E-state index in [-0.39, 0.29) is 17.7 Å². The Morgan fingerprint density at radius 3 is 2.54 bits per heavy atom. The summed E-state index contributed by atoms with van der Waals surface area (Å²) in [7, 11) is 3.03. The molecular formula is C20H22N2O4. The molecule has 0 aliphatic heterocycles. The molecular weight excluding hydrogens is 332 g/mol. The zero-order chi connectivity index (χ0) is 18.5. The van der Waals surface area contributed by atoms with E-state index in [1.807, 2.05) is 24.3 Å². The van der Waals surface area contributed by atoms with Crippen molar-refractivity contribution in [3.63, 3.8) is 0 Å². The second-order valence-electron chi connectivity index (χ2n) is 6.19. The number of ether oxygens (including phenoxy) is 2. The van der Waals surface area contributed by atoms with Crippen molar-refractivity contribution in [2.75, 3.05) is 19.5 Å². The molecule has 1 aliphatic rings. The fourth-order valence-corrected chi connectivity index (χ4v) is 2.69. The Morgan fingerprint density at radius 1 is 1.08 bits per heavy atom. The molecule has 1 fully saturated rings. The van der Waals surface area contributed by atoms with Gasteiger partial charge in [-0.05, 0) is 42.7 Å². The summed E-state index contributed by atoms with van der Waals surface area (Å²) in [6.07, 6.45) is 1.92. The first-order valence-electron chi connectivity index (χ1n) is 8.51. The Labute approximate surface area is 152 Å². The number of carbonyl (C=O) groups excluding carboxylic acids is 2. The fraction of sp³-hybridized carbons (Fsp3) is 0.300. The predicted octanol–water partition coefficient (Wildman–Crippen LogP) is 2.98. The lowest BCUT2D eigenvalue weighted by atomic mass is 10.1. The van der Waals surface area contributed by atoms with Gasteiger partial charge in [0.15, 0.2) is 11.5 Å². The second-order valence-corrected chi connectivity index (χ2v) is 6.19. The van der Waals surface area contributed by atoms with Crippen molar-refractivity contribution >= 4 is 17.5 Å². The first-order chi connectivity index (χ1) is 12.6. The van der Waals surface area contributed by atoms with Crippen LogP contribution in [0.1, 0.15) is 28.8 Å². The van der Waals surface area contributed by atoms with E-state index in [4.69, 9.17) is 9.47 Å². The van der Waals surface area contributed by atoms with Crippen LogP contribution >= 0.6 is 0 Å². The molecule has 26 heavy (non-hydrogen) atoms. The molecule has 1 saturated carbocycles. The first-order valence-corrected chi connectivity index (χ1v) is 8.51. The maximum absolute atomic E-state index is 12.5. The van der Waals surface area contributed by atoms with E-state index < -0.39 is 0 Å². The van der Waals surface area contributed by atoms with Gasteiger partial charge in [0.25, 0.3) is 5.91 Å². The summed E-state index contributed by atoms with van der Waals surface area (Å²) < 4.78 is 10.5. The number of para-hydroxylation sites is 1. The van der Waals surface area contributed by atoms with Crippen molar-refractivity contribution in [2.24, 2.45) is 5.92 Å². The monoisotopic (exact) mass is 354 g/mol. The van der Waals surface area contributed by atoms with Crippen LogP contribution in [0.4, 0.5) is 5.69 Å². The molecule has 3 rings (SSSR count). The zero-order valence-electron chi connectivity index (χ0n) is 14.9. The largest absolute Gasteiger partial charge is 0.493 e. The van der Waals surface area contributed by atoms with Crippen LogP contribution in [0.2, 0.25) is 0 Å². The first kappa shape index (κ1) is 17.8. The van der Waals surface area contributed by atoms with Gasteiger partial charge in [0.1, 0.15) is 0 Å². The average molecular weight is 354 g/mol. The third-order valence-electron chi connectivity index (χ3n) is 4.24. The Bertz CT molecular complexity index is 815. The molecule has 0 heterocycles. The highest BCUT2D eigenvalue weighted by Gasteiger charge is 2.29. The van der Waals surface area contributed by atoms with Gasteiger partial charge in [-0.2, -0.15) is 0 Å². The molecule has 0 unspecified atom stereocenters. The van der Waals surface area contributed by atoms with Gasteiger partial charge in [0.05, 0.1) is 19.8 Å². The van der Waals surface area contributed by atoms with E-state index in [1.54, 1.807) is 18.2 Å². The molecule has 0 atom stereocenters. The fourth-order valence-electron chi connectivity index (χ4n) is 2.69. The number of anilines is 1. The van der Waals surface area contributed by atoms with Crippen molar-refractivity contribution in [3.05, 3.63) is 53.6 Å². The minimum Gasteiger partial charge on any atom is -0.493 e. The van der Waals surface area contributed by atoms with Gasteiger partial charge in [-0.25, -0.2) is 0 Å². The van der Waals surface area contributed by atoms with E-state index in [0.29, 0.717) is 23.6 Å². The topological polar surface area (TPSA) is 76.7 Å². The number of methoxy groups -OCH3 is 2. The van der Waals surface area contributed by atoms with E-state index >= 15 is 0 Å². The molecule has 1 aliphatic carbocycles. The highest BCUT2D eigenvalue weighted by molar-refractivity contribution is 5.98. The summed E-state index contributed by atoms with van der Waals surface area (Å²) in [5.74, 6) is 0.863. The number of carbonyl (C=O) groups is 2. The van der Waals surface area contributed by atoms with Crippen LogP contribution in [0.5, 0.6) is 11.5 Å². The molecule has 0 bridgehead atoms. The van der Waals surface area contributed by atoms with Crippen molar-refractivity contribution in [1.29, 1.82) is 0 Å². The van der Waals surface area contributed by atoms with Crippen molar-refractivity contribution in [3.8, 4) is 11.5 Å². The van der Waals surface area contributed by atoms with Crippen molar-refractivity contribution in [2.45, 2.75) is 19.4 Å². The molecule has 6 nitrogen and oxygen atoms in total. The van der Waals surface area contributed by atoms with Gasteiger partial charge >= 0.3 is 0 Å². The van der Waals surface area contributed by atoms with E-state index in [0.717, 1.165) is 24.1 Å². The summed E-state index contributed by atoms with van der Waals surface area (Å²) in [5.41, 5.74) is 2.05. The highest BCUT2D eigenvalue weighted by Crippen LogP contribution is 2.31. The maximum Gasteiger partial charge on any atom is 0.255 e. The molecule has 0 radical (unpaired) electrons. The number of hydrogen-bond acceptors (Lipinski definition) is 4. The van der Waals surface area contributed by atoms with Gasteiger partial charge in [-0.1, -0.05) is 18.2 Å². The minimum absolute atomic E-state index is 0.0623. The Morgan fingerprint density at radius 2 is 1.85 bits per heavy atom. The van der Waals surface area contributed by atoms with Crippen LogP contribution in [-0.4, -0.2) is 26.0 Å². The molecule has 0 aromatic heterocycles. The Kier molecular flexibility index (Phi) is 5.41. The van der Waals surface area contributed by atoms with Gasteiger partial charge in [-0.3, -0.25) is 9.59 Å². The van der Waals surface area contributed by atoms with Crippen LogP contribution in [0.15, 0.2) is 42.5 Å². The third-order valence-corrected chi connectivity index (χ3v) is 4.24. The van der Waals surface area contributed by atoms with Crippen LogP contribution < -0.4 is 20.1 Å². The van der Waals surface area contributed by atoms with Crippen LogP contribution in [0.25, 0.3) is 0 Å². The third kappa shape index (κ3) is 4.14. The summed E-state index contributed by atoms with van der Waals surface area (Å²) in [5, 5.41) is 5.78. The Hall–Kier alpha value is -3.02. The van der Waals surface area contributed by atoms with Gasteiger partial charge in [-0.15, -0.1) is 0 Å². The Balaban J connectivity index is 1.65. The standard InChI is InChI=1S/C20H22N2O4/c1-25-17-8-4-7-16(18(17)26-2)20(24)21-12-13-5-3-6-15(11-13)22-19(23)14-9-10-14/h3-8,11,14H,9-10,12H2,1-2H3,(H,21,24)(H,22,23). The lowest BCUT2D eigenvalue weighted by Gasteiger charge is -2.13. The lowest BCUT2D eigenvalue weighted by Crippen LogP contribution is -2.23. The molecule has 2 aromatic carbocycles. The zero-order valence-corrected chi connectivity index (χ0v) is 14.9. The maximum atomic E-state index is 12.5. The van der Waals surface area contributed by atoms with Crippen LogP contribution in [0.3, 0.4) is 0 Å². The summed E-state index contributed by atoms with van der Waals surface area (Å²) >= 11 is 0. The van der Waals surface area contributed by atoms with Gasteiger partial charge in [0, 0.05) is 18.2 Å². The van der Waals surface area contributed by atoms with Gasteiger partial charge in [0.2, 0.25) is 5.91 Å². The molecule has 0 spiro atoms. The normalized spacial score (nSPS) is 13.0. The number of amides is 2. The molecule has 0 saturated heterocycles. The minimum atomic E-state index is -0.256. The van der Waals surface area contributed by atoms with Gasteiger partial charge < -0.3 is 20.1 Å². The van der Waals surface area contributed by atoms with Crippen LogP contribution in [-0.2, 0) is 11.3 Å². The highest BCUT2D eigenvalue weighted by atomic mass is 16.5. The summed E-state index contributed by atoms with van der Waals surface area (Å²) in [6.45, 7) is 0.340. The summed E-state index contributed by atoms with van der Waals surface area (Å²) in [4.78, 5) is 24.4. The average Bonchev–Trinajstić information content (AvgIpc) is 3.51.